The van der Waals surface area contributed by atoms with Gasteiger partial charge in [0, 0.05) is 13.1 Å². The van der Waals surface area contributed by atoms with E-state index in [1.54, 1.807) is 0 Å². The second-order valence-corrected chi connectivity index (χ2v) is 7.11. The summed E-state index contributed by atoms with van der Waals surface area (Å²) < 4.78 is 12.3. The Kier molecular flexibility index (Phi) is 5.68. The molecule has 1 aliphatic rings. The van der Waals surface area contributed by atoms with Crippen LogP contribution < -0.4 is 10.6 Å². The van der Waals surface area contributed by atoms with Crippen molar-refractivity contribution in [2.45, 2.75) is 45.4 Å². The van der Waals surface area contributed by atoms with Gasteiger partial charge in [0.2, 0.25) is 0 Å². The monoisotopic (exact) mass is 316 g/mol. The van der Waals surface area contributed by atoms with Gasteiger partial charge in [-0.05, 0) is 58.4 Å². The van der Waals surface area contributed by atoms with Gasteiger partial charge in [-0.3, -0.25) is 0 Å². The van der Waals surface area contributed by atoms with Gasteiger partial charge in [0.15, 0.2) is 0 Å². The Balaban J connectivity index is 2.21. The first-order valence-electron chi connectivity index (χ1n) is 8.23. The molecule has 0 aliphatic carbocycles. The largest absolute Gasteiger partial charge is 0.491 e. The fraction of sp³-hybridized carbons (Fsp3) is 0.556. The van der Waals surface area contributed by atoms with Crippen LogP contribution in [0.5, 0.6) is 0 Å². The Morgan fingerprint density at radius 1 is 1.00 bits per heavy atom. The average Bonchev–Trinajstić information content (AvgIpc) is 2.69. The number of hydrogen-bond acceptors (Lipinski definition) is 4. The maximum atomic E-state index is 6.17. The highest BCUT2D eigenvalue weighted by molar-refractivity contribution is 6.55. The molecule has 0 atom stereocenters. The summed E-state index contributed by atoms with van der Waals surface area (Å²) in [6, 6.07) is 8.55. The highest BCUT2D eigenvalue weighted by Crippen LogP contribution is 2.38. The van der Waals surface area contributed by atoms with Gasteiger partial charge in [-0.25, -0.2) is 0 Å². The predicted molar refractivity (Wildman–Crippen MR) is 97.2 cm³/mol. The molecule has 5 heteroatoms. The van der Waals surface area contributed by atoms with Crippen LogP contribution in [0.4, 0.5) is 0 Å². The fourth-order valence-corrected chi connectivity index (χ4v) is 2.55. The van der Waals surface area contributed by atoms with Gasteiger partial charge in [-0.2, -0.15) is 0 Å². The van der Waals surface area contributed by atoms with Crippen LogP contribution in [0.25, 0.3) is 6.08 Å². The van der Waals surface area contributed by atoms with E-state index in [0.717, 1.165) is 24.1 Å². The van der Waals surface area contributed by atoms with Crippen LogP contribution in [0.1, 0.15) is 38.8 Å². The summed E-state index contributed by atoms with van der Waals surface area (Å²) in [6.45, 7) is 9.93. The molecule has 0 bridgehead atoms. The SMILES string of the molecule is CNCC(=Cc1ccc(CNC)cc1)B1OC(C)(C)C(C)(C)O1. The maximum absolute atomic E-state index is 6.17. The van der Waals surface area contributed by atoms with Crippen LogP contribution in [-0.2, 0) is 15.9 Å². The van der Waals surface area contributed by atoms with Crippen molar-refractivity contribution >= 4 is 13.2 Å². The minimum atomic E-state index is -0.318. The molecule has 2 N–H and O–H groups in total. The summed E-state index contributed by atoms with van der Waals surface area (Å²) in [5.41, 5.74) is 2.90. The van der Waals surface area contributed by atoms with Crippen molar-refractivity contribution in [3.8, 4) is 0 Å². The smallest absolute Gasteiger partial charge is 0.400 e. The van der Waals surface area contributed by atoms with E-state index in [9.17, 15) is 0 Å². The number of hydrogen-bond donors (Lipinski definition) is 2. The van der Waals surface area contributed by atoms with Crippen LogP contribution in [0.15, 0.2) is 29.7 Å². The Hall–Kier alpha value is -1.14. The van der Waals surface area contributed by atoms with Crippen LogP contribution in [-0.4, -0.2) is 39.0 Å². The molecule has 4 nitrogen and oxygen atoms in total. The summed E-state index contributed by atoms with van der Waals surface area (Å²) in [6.07, 6.45) is 2.15. The molecule has 2 rings (SSSR count). The van der Waals surface area contributed by atoms with Crippen LogP contribution in [0.3, 0.4) is 0 Å². The Morgan fingerprint density at radius 2 is 1.57 bits per heavy atom. The van der Waals surface area contributed by atoms with Crippen LogP contribution >= 0.6 is 0 Å². The van der Waals surface area contributed by atoms with Crippen molar-refractivity contribution in [1.82, 2.24) is 10.6 Å². The summed E-state index contributed by atoms with van der Waals surface area (Å²) in [5, 5.41) is 6.37. The van der Waals surface area contributed by atoms with Gasteiger partial charge in [-0.15, -0.1) is 0 Å². The number of likely N-dealkylation sites (N-methyl/N-ethyl adjacent to an activating group) is 1. The molecular weight excluding hydrogens is 287 g/mol. The zero-order valence-electron chi connectivity index (χ0n) is 15.2. The summed E-state index contributed by atoms with van der Waals surface area (Å²) >= 11 is 0. The number of rotatable bonds is 6. The molecule has 1 saturated heterocycles. The molecule has 0 unspecified atom stereocenters. The maximum Gasteiger partial charge on any atom is 0.491 e. The first-order valence-corrected chi connectivity index (χ1v) is 8.23. The van der Waals surface area contributed by atoms with Gasteiger partial charge in [0.05, 0.1) is 11.2 Å². The Bertz CT molecular complexity index is 537. The van der Waals surface area contributed by atoms with Crippen LogP contribution in [0, 0.1) is 0 Å². The van der Waals surface area contributed by atoms with E-state index in [4.69, 9.17) is 9.31 Å². The van der Waals surface area contributed by atoms with Crippen molar-refractivity contribution in [3.63, 3.8) is 0 Å². The minimum Gasteiger partial charge on any atom is -0.400 e. The lowest BCUT2D eigenvalue weighted by Crippen LogP contribution is -2.41. The third-order valence-corrected chi connectivity index (χ3v) is 4.65. The fourth-order valence-electron chi connectivity index (χ4n) is 2.55. The molecule has 0 saturated carbocycles. The molecule has 1 aliphatic heterocycles. The third kappa shape index (κ3) is 4.24. The van der Waals surface area contributed by atoms with E-state index in [1.807, 2.05) is 14.1 Å². The van der Waals surface area contributed by atoms with Gasteiger partial charge >= 0.3 is 7.12 Å². The minimum absolute atomic E-state index is 0.315. The van der Waals surface area contributed by atoms with Gasteiger partial charge < -0.3 is 19.9 Å². The first kappa shape index (κ1) is 18.2. The average molecular weight is 316 g/mol. The van der Waals surface area contributed by atoms with E-state index in [1.165, 1.54) is 5.56 Å². The van der Waals surface area contributed by atoms with Crippen molar-refractivity contribution in [2.24, 2.45) is 0 Å². The van der Waals surface area contributed by atoms with Crippen molar-refractivity contribution in [3.05, 3.63) is 40.9 Å². The second-order valence-electron chi connectivity index (χ2n) is 7.11. The lowest BCUT2D eigenvalue weighted by atomic mass is 9.77. The molecule has 0 aromatic heterocycles. The molecular formula is C18H29BN2O2. The molecule has 1 aromatic rings. The van der Waals surface area contributed by atoms with E-state index in [0.29, 0.717) is 0 Å². The molecule has 1 aromatic carbocycles. The van der Waals surface area contributed by atoms with E-state index in [2.05, 4.69) is 68.7 Å². The Morgan fingerprint density at radius 3 is 2.04 bits per heavy atom. The highest BCUT2D eigenvalue weighted by atomic mass is 16.7. The molecule has 1 heterocycles. The van der Waals surface area contributed by atoms with E-state index >= 15 is 0 Å². The molecule has 1 fully saturated rings. The standard InChI is InChI=1S/C18H29BN2O2/c1-17(2)18(3,4)23-19(22-17)16(13-21-6)11-14-7-9-15(10-8-14)12-20-5/h7-11,20-21H,12-13H2,1-6H3. The Labute approximate surface area is 140 Å². The van der Waals surface area contributed by atoms with Crippen molar-refractivity contribution in [2.75, 3.05) is 20.6 Å². The number of nitrogens with one attached hydrogen (secondary N) is 2. The molecule has 0 spiro atoms. The summed E-state index contributed by atoms with van der Waals surface area (Å²) in [5.74, 6) is 0. The van der Waals surface area contributed by atoms with Crippen LogP contribution in [0.2, 0.25) is 0 Å². The predicted octanol–water partition coefficient (Wildman–Crippen LogP) is 2.64. The highest BCUT2D eigenvalue weighted by Gasteiger charge is 2.52. The summed E-state index contributed by atoms with van der Waals surface area (Å²) in [4.78, 5) is 0. The lowest BCUT2D eigenvalue weighted by Gasteiger charge is -2.32. The lowest BCUT2D eigenvalue weighted by molar-refractivity contribution is 0.00578. The van der Waals surface area contributed by atoms with E-state index < -0.39 is 0 Å². The summed E-state index contributed by atoms with van der Waals surface area (Å²) in [7, 11) is 3.58. The van der Waals surface area contributed by atoms with Crippen molar-refractivity contribution in [1.29, 1.82) is 0 Å². The molecule has 0 radical (unpaired) electrons. The second kappa shape index (κ2) is 7.18. The van der Waals surface area contributed by atoms with Gasteiger partial charge in [0.1, 0.15) is 0 Å². The van der Waals surface area contributed by atoms with E-state index in [-0.39, 0.29) is 18.3 Å². The van der Waals surface area contributed by atoms with Crippen molar-refractivity contribution < 1.29 is 9.31 Å². The molecule has 0 amide bonds. The number of benzene rings is 1. The third-order valence-electron chi connectivity index (χ3n) is 4.65. The molecule has 23 heavy (non-hydrogen) atoms. The zero-order chi connectivity index (χ0) is 17.1. The normalized spacial score (nSPS) is 20.1. The zero-order valence-corrected chi connectivity index (χ0v) is 15.2. The van der Waals surface area contributed by atoms with Gasteiger partial charge in [0.25, 0.3) is 0 Å². The first-order chi connectivity index (χ1) is 10.8. The van der Waals surface area contributed by atoms with Gasteiger partial charge in [-0.1, -0.05) is 30.3 Å². The quantitative estimate of drug-likeness (QED) is 0.792. The molecule has 126 valence electrons. The topological polar surface area (TPSA) is 42.5 Å².